The SMILES string of the molecule is CNCC1(CN(C)CC2CCN(C)C2)CCCOC1. The number of nitrogens with zero attached hydrogens (tertiary/aromatic N) is 2. The fraction of sp³-hybridized carbons (Fsp3) is 1.00. The van der Waals surface area contributed by atoms with Gasteiger partial charge in [-0.25, -0.2) is 0 Å². The lowest BCUT2D eigenvalue weighted by Crippen LogP contribution is -2.48. The molecule has 1 N–H and O–H groups in total. The van der Waals surface area contributed by atoms with Crippen LogP contribution in [0.3, 0.4) is 0 Å². The highest BCUT2D eigenvalue weighted by Crippen LogP contribution is 2.29. The highest BCUT2D eigenvalue weighted by molar-refractivity contribution is 4.87. The van der Waals surface area contributed by atoms with Crippen LogP contribution in [0.5, 0.6) is 0 Å². The number of rotatable bonds is 6. The maximum atomic E-state index is 5.75. The Labute approximate surface area is 118 Å². The smallest absolute Gasteiger partial charge is 0.0546 e. The van der Waals surface area contributed by atoms with E-state index >= 15 is 0 Å². The van der Waals surface area contributed by atoms with Crippen LogP contribution in [-0.2, 0) is 4.74 Å². The Hall–Kier alpha value is -0.160. The fourth-order valence-corrected chi connectivity index (χ4v) is 3.86. The minimum absolute atomic E-state index is 0.326. The van der Waals surface area contributed by atoms with Gasteiger partial charge in [0.2, 0.25) is 0 Å². The maximum Gasteiger partial charge on any atom is 0.0546 e. The van der Waals surface area contributed by atoms with E-state index in [1.807, 2.05) is 0 Å². The molecule has 112 valence electrons. The van der Waals surface area contributed by atoms with Gasteiger partial charge in [0.1, 0.15) is 0 Å². The second-order valence-corrected chi connectivity index (χ2v) is 6.80. The second-order valence-electron chi connectivity index (χ2n) is 6.80. The number of hydrogen-bond donors (Lipinski definition) is 1. The molecule has 2 atom stereocenters. The van der Waals surface area contributed by atoms with Crippen LogP contribution < -0.4 is 5.32 Å². The van der Waals surface area contributed by atoms with Crippen LogP contribution in [0.15, 0.2) is 0 Å². The van der Waals surface area contributed by atoms with Crippen molar-refractivity contribution in [3.05, 3.63) is 0 Å². The summed E-state index contributed by atoms with van der Waals surface area (Å²) in [6, 6.07) is 0. The summed E-state index contributed by atoms with van der Waals surface area (Å²) in [5, 5.41) is 3.37. The first-order valence-corrected chi connectivity index (χ1v) is 7.73. The third kappa shape index (κ3) is 4.42. The zero-order chi connectivity index (χ0) is 13.7. The molecule has 2 saturated heterocycles. The lowest BCUT2D eigenvalue weighted by Gasteiger charge is -2.40. The summed E-state index contributed by atoms with van der Waals surface area (Å²) >= 11 is 0. The van der Waals surface area contributed by atoms with Crippen molar-refractivity contribution in [2.75, 3.05) is 67.1 Å². The van der Waals surface area contributed by atoms with Crippen molar-refractivity contribution in [3.8, 4) is 0 Å². The highest BCUT2D eigenvalue weighted by atomic mass is 16.5. The van der Waals surface area contributed by atoms with E-state index in [4.69, 9.17) is 4.74 Å². The lowest BCUT2D eigenvalue weighted by molar-refractivity contribution is -0.0232. The van der Waals surface area contributed by atoms with Gasteiger partial charge in [0.15, 0.2) is 0 Å². The minimum Gasteiger partial charge on any atom is -0.381 e. The molecule has 0 amide bonds. The Balaban J connectivity index is 1.82. The molecule has 0 radical (unpaired) electrons. The molecular formula is C15H31N3O. The van der Waals surface area contributed by atoms with Gasteiger partial charge in [-0.15, -0.1) is 0 Å². The summed E-state index contributed by atoms with van der Waals surface area (Å²) in [4.78, 5) is 4.99. The predicted octanol–water partition coefficient (Wildman–Crippen LogP) is 0.886. The predicted molar refractivity (Wildman–Crippen MR) is 79.5 cm³/mol. The van der Waals surface area contributed by atoms with Crippen molar-refractivity contribution >= 4 is 0 Å². The van der Waals surface area contributed by atoms with Crippen molar-refractivity contribution in [2.24, 2.45) is 11.3 Å². The van der Waals surface area contributed by atoms with Crippen LogP contribution in [0.25, 0.3) is 0 Å². The van der Waals surface area contributed by atoms with Gasteiger partial charge in [-0.2, -0.15) is 0 Å². The summed E-state index contributed by atoms with van der Waals surface area (Å²) in [6.45, 7) is 7.86. The Kier molecular flexibility index (Phi) is 5.63. The summed E-state index contributed by atoms with van der Waals surface area (Å²) < 4.78 is 5.75. The first-order valence-electron chi connectivity index (χ1n) is 7.73. The van der Waals surface area contributed by atoms with Crippen molar-refractivity contribution in [2.45, 2.75) is 19.3 Å². The van der Waals surface area contributed by atoms with Crippen LogP contribution in [-0.4, -0.2) is 76.9 Å². The Morgan fingerprint density at radius 2 is 2.32 bits per heavy atom. The van der Waals surface area contributed by atoms with Gasteiger partial charge >= 0.3 is 0 Å². The Morgan fingerprint density at radius 1 is 1.47 bits per heavy atom. The lowest BCUT2D eigenvalue weighted by atomic mass is 9.81. The molecule has 19 heavy (non-hydrogen) atoms. The zero-order valence-corrected chi connectivity index (χ0v) is 13.0. The molecule has 2 aliphatic rings. The third-order valence-corrected chi connectivity index (χ3v) is 4.62. The van der Waals surface area contributed by atoms with Crippen LogP contribution in [0.2, 0.25) is 0 Å². The summed E-state index contributed by atoms with van der Waals surface area (Å²) in [6.07, 6.45) is 3.86. The number of likely N-dealkylation sites (tertiary alicyclic amines) is 1. The monoisotopic (exact) mass is 269 g/mol. The van der Waals surface area contributed by atoms with Gasteiger partial charge in [-0.05, 0) is 52.9 Å². The first kappa shape index (κ1) is 15.2. The van der Waals surface area contributed by atoms with Crippen LogP contribution >= 0.6 is 0 Å². The first-order chi connectivity index (χ1) is 9.13. The molecule has 2 unspecified atom stereocenters. The zero-order valence-electron chi connectivity index (χ0n) is 13.0. The van der Waals surface area contributed by atoms with E-state index in [-0.39, 0.29) is 0 Å². The molecule has 2 fully saturated rings. The number of hydrogen-bond acceptors (Lipinski definition) is 4. The molecule has 0 aromatic rings. The van der Waals surface area contributed by atoms with E-state index in [9.17, 15) is 0 Å². The second kappa shape index (κ2) is 7.02. The molecule has 0 aliphatic carbocycles. The van der Waals surface area contributed by atoms with E-state index in [0.29, 0.717) is 5.41 Å². The molecule has 0 saturated carbocycles. The normalized spacial score (nSPS) is 33.2. The molecule has 2 rings (SSSR count). The Morgan fingerprint density at radius 3 is 2.89 bits per heavy atom. The van der Waals surface area contributed by atoms with Gasteiger partial charge in [-0.3, -0.25) is 0 Å². The quantitative estimate of drug-likeness (QED) is 0.775. The molecule has 2 aliphatic heterocycles. The standard InChI is InChI=1S/C15H31N3O/c1-16-11-15(6-4-8-19-13-15)12-18(3)10-14-5-7-17(2)9-14/h14,16H,4-13H2,1-3H3. The van der Waals surface area contributed by atoms with Gasteiger partial charge in [0.25, 0.3) is 0 Å². The third-order valence-electron chi connectivity index (χ3n) is 4.62. The minimum atomic E-state index is 0.326. The van der Waals surface area contributed by atoms with E-state index < -0.39 is 0 Å². The molecule has 4 nitrogen and oxygen atoms in total. The van der Waals surface area contributed by atoms with Gasteiger partial charge < -0.3 is 19.9 Å². The van der Waals surface area contributed by atoms with Gasteiger partial charge in [0.05, 0.1) is 6.61 Å². The molecular weight excluding hydrogens is 238 g/mol. The topological polar surface area (TPSA) is 27.7 Å². The van der Waals surface area contributed by atoms with Crippen LogP contribution in [0.1, 0.15) is 19.3 Å². The number of nitrogens with one attached hydrogen (secondary N) is 1. The summed E-state index contributed by atoms with van der Waals surface area (Å²) in [5.41, 5.74) is 0.326. The average Bonchev–Trinajstić information content (AvgIpc) is 2.75. The van der Waals surface area contributed by atoms with E-state index in [1.54, 1.807) is 0 Å². The summed E-state index contributed by atoms with van der Waals surface area (Å²) in [5.74, 6) is 0.853. The van der Waals surface area contributed by atoms with E-state index in [2.05, 4.69) is 36.3 Å². The van der Waals surface area contributed by atoms with Crippen LogP contribution in [0, 0.1) is 11.3 Å². The molecule has 4 heteroatoms. The van der Waals surface area contributed by atoms with Crippen molar-refractivity contribution in [3.63, 3.8) is 0 Å². The molecule has 0 aromatic heterocycles. The fourth-order valence-electron chi connectivity index (χ4n) is 3.86. The largest absolute Gasteiger partial charge is 0.381 e. The van der Waals surface area contributed by atoms with Crippen molar-refractivity contribution in [1.82, 2.24) is 15.1 Å². The summed E-state index contributed by atoms with van der Waals surface area (Å²) in [7, 11) is 6.57. The molecule has 0 spiro atoms. The van der Waals surface area contributed by atoms with Gasteiger partial charge in [0, 0.05) is 38.2 Å². The maximum absolute atomic E-state index is 5.75. The Bertz CT molecular complexity index is 261. The highest BCUT2D eigenvalue weighted by Gasteiger charge is 2.34. The van der Waals surface area contributed by atoms with Crippen LogP contribution in [0.4, 0.5) is 0 Å². The van der Waals surface area contributed by atoms with E-state index in [0.717, 1.165) is 32.2 Å². The van der Waals surface area contributed by atoms with E-state index in [1.165, 1.54) is 38.9 Å². The van der Waals surface area contributed by atoms with Gasteiger partial charge in [-0.1, -0.05) is 0 Å². The van der Waals surface area contributed by atoms with Crippen molar-refractivity contribution in [1.29, 1.82) is 0 Å². The number of ether oxygens (including phenoxy) is 1. The molecule has 2 heterocycles. The molecule has 0 bridgehead atoms. The molecule has 0 aromatic carbocycles. The average molecular weight is 269 g/mol. The van der Waals surface area contributed by atoms with Crippen molar-refractivity contribution < 1.29 is 4.74 Å².